The molecule has 116 valence electrons. The Labute approximate surface area is 128 Å². The van der Waals surface area contributed by atoms with Gasteiger partial charge in [-0.05, 0) is 18.9 Å². The van der Waals surface area contributed by atoms with E-state index in [1.54, 1.807) is 6.92 Å². The van der Waals surface area contributed by atoms with Crippen LogP contribution in [0.4, 0.5) is 0 Å². The van der Waals surface area contributed by atoms with Gasteiger partial charge in [0, 0.05) is 12.1 Å². The average Bonchev–Trinajstić information content (AvgIpc) is 3.02. The number of likely N-dealkylation sites (N-methyl/N-ethyl adjacent to an activating group) is 1. The van der Waals surface area contributed by atoms with Gasteiger partial charge in [0.2, 0.25) is 11.7 Å². The minimum Gasteiger partial charge on any atom is -0.348 e. The van der Waals surface area contributed by atoms with Crippen molar-refractivity contribution in [3.05, 3.63) is 35.7 Å². The van der Waals surface area contributed by atoms with E-state index in [4.69, 9.17) is 4.52 Å². The molecule has 0 aliphatic heterocycles. The van der Waals surface area contributed by atoms with E-state index in [-0.39, 0.29) is 12.4 Å². The van der Waals surface area contributed by atoms with Crippen molar-refractivity contribution in [2.75, 3.05) is 6.54 Å². The minimum absolute atomic E-state index is 0.00993. The Bertz CT molecular complexity index is 649. The third-order valence-electron chi connectivity index (χ3n) is 3.03. The van der Waals surface area contributed by atoms with Gasteiger partial charge < -0.3 is 15.2 Å². The van der Waals surface area contributed by atoms with Gasteiger partial charge >= 0.3 is 11.8 Å². The van der Waals surface area contributed by atoms with Crippen LogP contribution in [-0.2, 0) is 22.6 Å². The van der Waals surface area contributed by atoms with Gasteiger partial charge in [-0.15, -0.1) is 0 Å². The Morgan fingerprint density at radius 3 is 2.41 bits per heavy atom. The highest BCUT2D eigenvalue weighted by atomic mass is 16.5. The van der Waals surface area contributed by atoms with Gasteiger partial charge in [-0.25, -0.2) is 0 Å². The lowest BCUT2D eigenvalue weighted by Crippen LogP contribution is -2.39. The van der Waals surface area contributed by atoms with Crippen LogP contribution in [-0.4, -0.2) is 28.5 Å². The zero-order valence-electron chi connectivity index (χ0n) is 12.5. The molecule has 2 rings (SSSR count). The van der Waals surface area contributed by atoms with Crippen molar-refractivity contribution in [1.29, 1.82) is 0 Å². The Hall–Kier alpha value is -2.70. The van der Waals surface area contributed by atoms with Crippen LogP contribution in [0.2, 0.25) is 0 Å². The molecule has 0 aliphatic rings. The van der Waals surface area contributed by atoms with E-state index < -0.39 is 11.8 Å². The van der Waals surface area contributed by atoms with Gasteiger partial charge in [0.1, 0.15) is 0 Å². The second-order valence-corrected chi connectivity index (χ2v) is 4.60. The highest BCUT2D eigenvalue weighted by Gasteiger charge is 2.14. The normalized spacial score (nSPS) is 10.3. The van der Waals surface area contributed by atoms with Gasteiger partial charge in [-0.2, -0.15) is 4.98 Å². The topological polar surface area (TPSA) is 97.1 Å². The van der Waals surface area contributed by atoms with Crippen molar-refractivity contribution >= 4 is 11.8 Å². The maximum absolute atomic E-state index is 11.4. The van der Waals surface area contributed by atoms with E-state index in [2.05, 4.69) is 27.7 Å². The van der Waals surface area contributed by atoms with Crippen LogP contribution in [0, 0.1) is 0 Å². The maximum atomic E-state index is 11.4. The Kier molecular flexibility index (Phi) is 5.24. The van der Waals surface area contributed by atoms with Gasteiger partial charge in [0.15, 0.2) is 0 Å². The number of carbonyl (C=O) groups excluding carboxylic acids is 2. The first kappa shape index (κ1) is 15.7. The molecule has 0 radical (unpaired) electrons. The first-order chi connectivity index (χ1) is 10.6. The van der Waals surface area contributed by atoms with Gasteiger partial charge in [0.05, 0.1) is 6.54 Å². The molecule has 0 spiro atoms. The third-order valence-corrected chi connectivity index (χ3v) is 3.03. The quantitative estimate of drug-likeness (QED) is 0.805. The summed E-state index contributed by atoms with van der Waals surface area (Å²) < 4.78 is 5.06. The first-order valence-electron chi connectivity index (χ1n) is 7.12. The average molecular weight is 302 g/mol. The fraction of sp³-hybridized carbons (Fsp3) is 0.333. The van der Waals surface area contributed by atoms with E-state index in [0.717, 1.165) is 12.0 Å². The van der Waals surface area contributed by atoms with Gasteiger partial charge in [0.25, 0.3) is 0 Å². The zero-order chi connectivity index (χ0) is 15.9. The lowest BCUT2D eigenvalue weighted by molar-refractivity contribution is -0.139. The van der Waals surface area contributed by atoms with Crippen molar-refractivity contribution in [3.8, 4) is 11.4 Å². The lowest BCUT2D eigenvalue weighted by atomic mass is 10.1. The summed E-state index contributed by atoms with van der Waals surface area (Å²) in [5, 5.41) is 8.69. The van der Waals surface area contributed by atoms with Crippen LogP contribution >= 0.6 is 0 Å². The van der Waals surface area contributed by atoms with Crippen molar-refractivity contribution in [2.24, 2.45) is 0 Å². The van der Waals surface area contributed by atoms with Crippen LogP contribution in [0.3, 0.4) is 0 Å². The SMILES string of the molecule is CCNC(=O)C(=O)NCc1nc(-c2ccc(CC)cc2)no1. The number of aromatic nitrogens is 2. The molecule has 1 aromatic heterocycles. The van der Waals surface area contributed by atoms with Crippen molar-refractivity contribution in [3.63, 3.8) is 0 Å². The number of aryl methyl sites for hydroxylation is 1. The summed E-state index contributed by atoms with van der Waals surface area (Å²) in [5.41, 5.74) is 2.06. The molecule has 0 fully saturated rings. The smallest absolute Gasteiger partial charge is 0.309 e. The molecule has 0 saturated heterocycles. The number of hydrogen-bond acceptors (Lipinski definition) is 5. The summed E-state index contributed by atoms with van der Waals surface area (Å²) >= 11 is 0. The monoisotopic (exact) mass is 302 g/mol. The lowest BCUT2D eigenvalue weighted by Gasteiger charge is -2.01. The predicted octanol–water partition coefficient (Wildman–Crippen LogP) is 1.05. The molecule has 1 aromatic carbocycles. The molecule has 1 heterocycles. The molecule has 22 heavy (non-hydrogen) atoms. The van der Waals surface area contributed by atoms with Crippen LogP contribution in [0.15, 0.2) is 28.8 Å². The third kappa shape index (κ3) is 3.91. The number of carbonyl (C=O) groups is 2. The fourth-order valence-corrected chi connectivity index (χ4v) is 1.81. The predicted molar refractivity (Wildman–Crippen MR) is 79.6 cm³/mol. The van der Waals surface area contributed by atoms with E-state index in [9.17, 15) is 9.59 Å². The molecule has 0 unspecified atom stereocenters. The maximum Gasteiger partial charge on any atom is 0.309 e. The van der Waals surface area contributed by atoms with E-state index >= 15 is 0 Å². The summed E-state index contributed by atoms with van der Waals surface area (Å²) in [6, 6.07) is 7.84. The number of nitrogens with one attached hydrogen (secondary N) is 2. The summed E-state index contributed by atoms with van der Waals surface area (Å²) in [5.74, 6) is -0.719. The van der Waals surface area contributed by atoms with Crippen LogP contribution < -0.4 is 10.6 Å². The minimum atomic E-state index is -0.728. The van der Waals surface area contributed by atoms with E-state index in [0.29, 0.717) is 12.4 Å². The molecular formula is C15H18N4O3. The number of amides is 2. The van der Waals surface area contributed by atoms with Gasteiger partial charge in [-0.3, -0.25) is 9.59 Å². The zero-order valence-corrected chi connectivity index (χ0v) is 12.5. The highest BCUT2D eigenvalue weighted by Crippen LogP contribution is 2.16. The molecular weight excluding hydrogens is 284 g/mol. The number of rotatable bonds is 5. The molecule has 2 amide bonds. The standard InChI is InChI=1S/C15H18N4O3/c1-3-10-5-7-11(8-6-10)13-18-12(22-19-13)9-17-15(21)14(20)16-4-2/h5-8H,3-4,9H2,1-2H3,(H,16,20)(H,17,21). The Balaban J connectivity index is 1.96. The molecule has 7 heteroatoms. The summed E-state index contributed by atoms with van der Waals surface area (Å²) in [6.07, 6.45) is 0.962. The molecule has 0 atom stereocenters. The van der Waals surface area contributed by atoms with Crippen molar-refractivity contribution in [1.82, 2.24) is 20.8 Å². The number of hydrogen-bond donors (Lipinski definition) is 2. The Morgan fingerprint density at radius 1 is 1.09 bits per heavy atom. The fourth-order valence-electron chi connectivity index (χ4n) is 1.81. The number of nitrogens with zero attached hydrogens (tertiary/aromatic N) is 2. The van der Waals surface area contributed by atoms with Crippen molar-refractivity contribution in [2.45, 2.75) is 26.8 Å². The largest absolute Gasteiger partial charge is 0.348 e. The molecule has 2 N–H and O–H groups in total. The second kappa shape index (κ2) is 7.35. The molecule has 0 saturated carbocycles. The summed E-state index contributed by atoms with van der Waals surface area (Å²) in [4.78, 5) is 26.9. The van der Waals surface area contributed by atoms with E-state index in [1.165, 1.54) is 5.56 Å². The van der Waals surface area contributed by atoms with Gasteiger partial charge in [-0.1, -0.05) is 36.3 Å². The summed E-state index contributed by atoms with van der Waals surface area (Å²) in [7, 11) is 0. The van der Waals surface area contributed by atoms with Crippen molar-refractivity contribution < 1.29 is 14.1 Å². The van der Waals surface area contributed by atoms with E-state index in [1.807, 2.05) is 24.3 Å². The van der Waals surface area contributed by atoms with Crippen LogP contribution in [0.5, 0.6) is 0 Å². The van der Waals surface area contributed by atoms with Crippen LogP contribution in [0.25, 0.3) is 11.4 Å². The highest BCUT2D eigenvalue weighted by molar-refractivity contribution is 6.35. The molecule has 2 aromatic rings. The molecule has 0 bridgehead atoms. The Morgan fingerprint density at radius 2 is 1.77 bits per heavy atom. The first-order valence-corrected chi connectivity index (χ1v) is 7.12. The second-order valence-electron chi connectivity index (χ2n) is 4.60. The summed E-state index contributed by atoms with van der Waals surface area (Å²) in [6.45, 7) is 4.22. The number of benzene rings is 1. The van der Waals surface area contributed by atoms with Crippen LogP contribution in [0.1, 0.15) is 25.3 Å². The molecule has 7 nitrogen and oxygen atoms in total. The molecule has 0 aliphatic carbocycles.